The van der Waals surface area contributed by atoms with Gasteiger partial charge < -0.3 is 5.32 Å². The van der Waals surface area contributed by atoms with E-state index in [1.165, 1.54) is 6.07 Å². The van der Waals surface area contributed by atoms with Crippen LogP contribution in [0.25, 0.3) is 0 Å². The van der Waals surface area contributed by atoms with Gasteiger partial charge >= 0.3 is 0 Å². The fourth-order valence-corrected chi connectivity index (χ4v) is 1.84. The van der Waals surface area contributed by atoms with E-state index in [-0.39, 0.29) is 5.82 Å². The van der Waals surface area contributed by atoms with Crippen LogP contribution in [-0.2, 0) is 6.42 Å². The van der Waals surface area contributed by atoms with Crippen LogP contribution in [0.15, 0.2) is 48.5 Å². The normalized spacial score (nSPS) is 10.3. The summed E-state index contributed by atoms with van der Waals surface area (Å²) >= 11 is 0. The lowest BCUT2D eigenvalue weighted by Crippen LogP contribution is -2.02. The molecule has 0 aliphatic carbocycles. The topological polar surface area (TPSA) is 12.0 Å². The number of hydrogen-bond donors (Lipinski definition) is 1. The van der Waals surface area contributed by atoms with E-state index in [2.05, 4.69) is 12.2 Å². The lowest BCUT2D eigenvalue weighted by molar-refractivity contribution is 0.625. The van der Waals surface area contributed by atoms with E-state index < -0.39 is 0 Å². The van der Waals surface area contributed by atoms with Crippen LogP contribution in [0.5, 0.6) is 0 Å². The largest absolute Gasteiger partial charge is 0.385 e. The number of aryl methyl sites for hydroxylation is 1. The van der Waals surface area contributed by atoms with Crippen molar-refractivity contribution in [3.8, 4) is 0 Å². The Morgan fingerprint density at radius 2 is 1.83 bits per heavy atom. The fourth-order valence-electron chi connectivity index (χ4n) is 1.84. The van der Waals surface area contributed by atoms with Crippen LogP contribution in [0.3, 0.4) is 0 Å². The molecule has 18 heavy (non-hydrogen) atoms. The Morgan fingerprint density at radius 3 is 2.56 bits per heavy atom. The standard InChI is InChI=1S/C16H17FN/c1-13-7-9-16(10-8-13)18-11-3-5-14-4-2-6-15(17)12-14/h2,4,6-10,12,18H,1,3,5,11H2. The molecular formula is C16H17FN. The summed E-state index contributed by atoms with van der Waals surface area (Å²) in [6, 6.07) is 14.8. The number of rotatable bonds is 5. The van der Waals surface area contributed by atoms with Crippen molar-refractivity contribution in [2.75, 3.05) is 11.9 Å². The predicted octanol–water partition coefficient (Wildman–Crippen LogP) is 4.05. The molecule has 2 aromatic rings. The Bertz CT molecular complexity index is 491. The van der Waals surface area contributed by atoms with E-state index in [0.717, 1.165) is 36.2 Å². The van der Waals surface area contributed by atoms with E-state index in [4.69, 9.17) is 0 Å². The van der Waals surface area contributed by atoms with Crippen LogP contribution in [0.2, 0.25) is 0 Å². The molecule has 0 spiro atoms. The summed E-state index contributed by atoms with van der Waals surface area (Å²) in [6.45, 7) is 4.72. The van der Waals surface area contributed by atoms with E-state index in [0.29, 0.717) is 0 Å². The second-order valence-electron chi connectivity index (χ2n) is 4.36. The van der Waals surface area contributed by atoms with Gasteiger partial charge in [-0.15, -0.1) is 0 Å². The average Bonchev–Trinajstić information content (AvgIpc) is 2.37. The Morgan fingerprint density at radius 1 is 1.06 bits per heavy atom. The van der Waals surface area contributed by atoms with Gasteiger partial charge in [-0.3, -0.25) is 0 Å². The highest BCUT2D eigenvalue weighted by Crippen LogP contribution is 2.10. The van der Waals surface area contributed by atoms with Gasteiger partial charge in [0.2, 0.25) is 0 Å². The molecule has 0 saturated heterocycles. The maximum atomic E-state index is 13.0. The minimum atomic E-state index is -0.161. The monoisotopic (exact) mass is 242 g/mol. The Balaban J connectivity index is 1.74. The van der Waals surface area contributed by atoms with Gasteiger partial charge in [0, 0.05) is 12.2 Å². The predicted molar refractivity (Wildman–Crippen MR) is 74.1 cm³/mol. The number of nitrogens with one attached hydrogen (secondary N) is 1. The van der Waals surface area contributed by atoms with Gasteiger partial charge in [0.05, 0.1) is 0 Å². The number of hydrogen-bond acceptors (Lipinski definition) is 1. The fraction of sp³-hybridized carbons (Fsp3) is 0.188. The highest BCUT2D eigenvalue weighted by Gasteiger charge is 1.96. The number of anilines is 1. The molecule has 1 radical (unpaired) electrons. The summed E-state index contributed by atoms with van der Waals surface area (Å²) in [6.07, 6.45) is 1.87. The lowest BCUT2D eigenvalue weighted by atomic mass is 10.1. The second kappa shape index (κ2) is 6.20. The van der Waals surface area contributed by atoms with Crippen molar-refractivity contribution < 1.29 is 4.39 Å². The molecule has 1 nitrogen and oxygen atoms in total. The minimum absolute atomic E-state index is 0.161. The number of halogens is 1. The van der Waals surface area contributed by atoms with Crippen molar-refractivity contribution in [1.29, 1.82) is 0 Å². The summed E-state index contributed by atoms with van der Waals surface area (Å²) < 4.78 is 13.0. The smallest absolute Gasteiger partial charge is 0.123 e. The van der Waals surface area contributed by atoms with E-state index in [1.54, 1.807) is 12.1 Å². The summed E-state index contributed by atoms with van der Waals surface area (Å²) in [5.41, 5.74) is 3.16. The lowest BCUT2D eigenvalue weighted by Gasteiger charge is -2.06. The third-order valence-corrected chi connectivity index (χ3v) is 2.81. The second-order valence-corrected chi connectivity index (χ2v) is 4.36. The summed E-state index contributed by atoms with van der Waals surface area (Å²) in [4.78, 5) is 0. The first-order valence-corrected chi connectivity index (χ1v) is 6.14. The maximum absolute atomic E-state index is 13.0. The van der Waals surface area contributed by atoms with Crippen LogP contribution in [0, 0.1) is 12.7 Å². The van der Waals surface area contributed by atoms with Gasteiger partial charge in [-0.2, -0.15) is 0 Å². The molecular weight excluding hydrogens is 225 g/mol. The molecule has 0 aromatic heterocycles. The van der Waals surface area contributed by atoms with Crippen LogP contribution >= 0.6 is 0 Å². The first-order chi connectivity index (χ1) is 8.74. The first kappa shape index (κ1) is 12.6. The molecule has 0 amide bonds. The first-order valence-electron chi connectivity index (χ1n) is 6.14. The molecule has 0 saturated carbocycles. The Kier molecular flexibility index (Phi) is 4.35. The van der Waals surface area contributed by atoms with Crippen molar-refractivity contribution in [3.63, 3.8) is 0 Å². The van der Waals surface area contributed by atoms with Crippen LogP contribution in [-0.4, -0.2) is 6.54 Å². The van der Waals surface area contributed by atoms with Crippen LogP contribution in [0.1, 0.15) is 17.5 Å². The van der Waals surface area contributed by atoms with Crippen molar-refractivity contribution in [3.05, 3.63) is 72.4 Å². The third kappa shape index (κ3) is 3.88. The van der Waals surface area contributed by atoms with Crippen molar-refractivity contribution in [2.45, 2.75) is 12.8 Å². The van der Waals surface area contributed by atoms with Crippen molar-refractivity contribution in [2.24, 2.45) is 0 Å². The summed E-state index contributed by atoms with van der Waals surface area (Å²) in [5.74, 6) is -0.161. The SMILES string of the molecule is [CH2]c1ccc(NCCCc2cccc(F)c2)cc1. The molecule has 0 atom stereocenters. The summed E-state index contributed by atoms with van der Waals surface area (Å²) in [5, 5.41) is 3.34. The van der Waals surface area contributed by atoms with E-state index >= 15 is 0 Å². The van der Waals surface area contributed by atoms with Crippen LogP contribution in [0.4, 0.5) is 10.1 Å². The third-order valence-electron chi connectivity index (χ3n) is 2.81. The molecule has 93 valence electrons. The van der Waals surface area contributed by atoms with Crippen molar-refractivity contribution in [1.82, 2.24) is 0 Å². The van der Waals surface area contributed by atoms with E-state index in [9.17, 15) is 4.39 Å². The van der Waals surface area contributed by atoms with Crippen LogP contribution < -0.4 is 5.32 Å². The Hall–Kier alpha value is -1.83. The summed E-state index contributed by atoms with van der Waals surface area (Å²) in [7, 11) is 0. The van der Waals surface area contributed by atoms with Gasteiger partial charge in [0.25, 0.3) is 0 Å². The minimum Gasteiger partial charge on any atom is -0.385 e. The molecule has 2 heteroatoms. The van der Waals surface area contributed by atoms with Gasteiger partial charge in [-0.25, -0.2) is 4.39 Å². The number of benzene rings is 2. The van der Waals surface area contributed by atoms with Gasteiger partial charge in [0.1, 0.15) is 5.82 Å². The van der Waals surface area contributed by atoms with Crippen molar-refractivity contribution >= 4 is 5.69 Å². The highest BCUT2D eigenvalue weighted by atomic mass is 19.1. The maximum Gasteiger partial charge on any atom is 0.123 e. The highest BCUT2D eigenvalue weighted by molar-refractivity contribution is 5.44. The molecule has 0 aliphatic heterocycles. The molecule has 0 unspecified atom stereocenters. The molecule has 0 heterocycles. The molecule has 2 aromatic carbocycles. The quantitative estimate of drug-likeness (QED) is 0.780. The average molecular weight is 242 g/mol. The van der Waals surface area contributed by atoms with Gasteiger partial charge in [-0.1, -0.05) is 24.3 Å². The molecule has 0 aliphatic rings. The molecule has 2 rings (SSSR count). The van der Waals surface area contributed by atoms with E-state index in [1.807, 2.05) is 30.3 Å². The zero-order valence-electron chi connectivity index (χ0n) is 10.3. The molecule has 0 bridgehead atoms. The molecule has 1 N–H and O–H groups in total. The zero-order chi connectivity index (χ0) is 12.8. The Labute approximate surface area is 108 Å². The van der Waals surface area contributed by atoms with Gasteiger partial charge in [0.15, 0.2) is 0 Å². The zero-order valence-corrected chi connectivity index (χ0v) is 10.3. The molecule has 0 fully saturated rings. The van der Waals surface area contributed by atoms with Gasteiger partial charge in [-0.05, 0) is 55.2 Å².